The Bertz CT molecular complexity index is 432. The Hall–Kier alpha value is -0.560. The summed E-state index contributed by atoms with van der Waals surface area (Å²) in [5.41, 5.74) is -1.13. The third kappa shape index (κ3) is 3.99. The average molecular weight is 375 g/mol. The first-order chi connectivity index (χ1) is 7.71. The number of carbonyl (C=O) groups is 1. The Morgan fingerprint density at radius 3 is 2.47 bits per heavy atom. The normalized spacial score (nSPS) is 13.3. The molecule has 1 unspecified atom stereocenters. The number of hydrogen-bond donors (Lipinski definition) is 1. The minimum atomic E-state index is -4.51. The molecule has 17 heavy (non-hydrogen) atoms. The van der Waals surface area contributed by atoms with Gasteiger partial charge in [-0.25, -0.2) is 0 Å². The highest BCUT2D eigenvalue weighted by atomic mass is 79.9. The lowest BCUT2D eigenvalue weighted by Crippen LogP contribution is -2.22. The summed E-state index contributed by atoms with van der Waals surface area (Å²) in [6, 6.07) is 3.57. The molecule has 1 N–H and O–H groups in total. The van der Waals surface area contributed by atoms with Crippen LogP contribution < -0.4 is 5.32 Å². The maximum Gasteiger partial charge on any atom is 0.418 e. The van der Waals surface area contributed by atoms with Crippen molar-refractivity contribution in [3.05, 3.63) is 28.2 Å². The third-order valence-corrected chi connectivity index (χ3v) is 2.82. The number of rotatable bonds is 2. The predicted molar refractivity (Wildman–Crippen MR) is 66.2 cm³/mol. The minimum Gasteiger partial charge on any atom is -0.325 e. The molecule has 0 aliphatic rings. The molecule has 0 radical (unpaired) electrons. The van der Waals surface area contributed by atoms with Crippen LogP contribution in [-0.4, -0.2) is 10.7 Å². The molecule has 0 saturated heterocycles. The number of carbonyl (C=O) groups excluding carboxylic acids is 1. The van der Waals surface area contributed by atoms with Gasteiger partial charge in [0.1, 0.15) is 0 Å². The van der Waals surface area contributed by atoms with Gasteiger partial charge in [-0.2, -0.15) is 13.2 Å². The molecule has 0 aliphatic heterocycles. The molecular weight excluding hydrogens is 367 g/mol. The first-order valence-corrected chi connectivity index (χ1v) is 6.24. The molecule has 1 aromatic carbocycles. The van der Waals surface area contributed by atoms with Crippen LogP contribution in [0.3, 0.4) is 0 Å². The maximum atomic E-state index is 12.7. The SMILES string of the molecule is CC(Br)C(=O)Nc1ccc(Br)cc1C(F)(F)F. The molecule has 1 rings (SSSR count). The number of anilines is 1. The van der Waals surface area contributed by atoms with Gasteiger partial charge in [-0.3, -0.25) is 4.79 Å². The summed E-state index contributed by atoms with van der Waals surface area (Å²) < 4.78 is 38.4. The molecule has 0 fully saturated rings. The van der Waals surface area contributed by atoms with Crippen LogP contribution >= 0.6 is 31.9 Å². The van der Waals surface area contributed by atoms with E-state index in [1.54, 1.807) is 0 Å². The number of halogens is 5. The Morgan fingerprint density at radius 2 is 2.00 bits per heavy atom. The fourth-order valence-electron chi connectivity index (χ4n) is 1.09. The molecule has 7 heteroatoms. The van der Waals surface area contributed by atoms with Crippen molar-refractivity contribution in [1.29, 1.82) is 0 Å². The zero-order valence-electron chi connectivity index (χ0n) is 8.61. The van der Waals surface area contributed by atoms with Crippen LogP contribution in [0.5, 0.6) is 0 Å². The molecule has 94 valence electrons. The highest BCUT2D eigenvalue weighted by Gasteiger charge is 2.34. The zero-order valence-corrected chi connectivity index (χ0v) is 11.8. The lowest BCUT2D eigenvalue weighted by Gasteiger charge is -2.14. The summed E-state index contributed by atoms with van der Waals surface area (Å²) in [6.07, 6.45) is -4.51. The number of benzene rings is 1. The van der Waals surface area contributed by atoms with Crippen molar-refractivity contribution in [3.8, 4) is 0 Å². The summed E-state index contributed by atoms with van der Waals surface area (Å²) in [4.78, 5) is 10.8. The maximum absolute atomic E-state index is 12.7. The molecule has 0 spiro atoms. The lowest BCUT2D eigenvalue weighted by molar-refractivity contribution is -0.137. The lowest BCUT2D eigenvalue weighted by atomic mass is 10.1. The molecule has 0 aliphatic carbocycles. The van der Waals surface area contributed by atoms with E-state index in [4.69, 9.17) is 0 Å². The summed E-state index contributed by atoms with van der Waals surface area (Å²) in [6.45, 7) is 1.53. The summed E-state index contributed by atoms with van der Waals surface area (Å²) in [7, 11) is 0. The van der Waals surface area contributed by atoms with E-state index in [2.05, 4.69) is 37.2 Å². The van der Waals surface area contributed by atoms with Gasteiger partial charge in [-0.05, 0) is 25.1 Å². The monoisotopic (exact) mass is 373 g/mol. The minimum absolute atomic E-state index is 0.253. The predicted octanol–water partition coefficient (Wildman–Crippen LogP) is 4.19. The van der Waals surface area contributed by atoms with Crippen molar-refractivity contribution in [1.82, 2.24) is 0 Å². The van der Waals surface area contributed by atoms with Crippen molar-refractivity contribution in [3.63, 3.8) is 0 Å². The molecule has 1 atom stereocenters. The Kier molecular flexibility index (Phi) is 4.60. The molecule has 0 saturated carbocycles. The van der Waals surface area contributed by atoms with E-state index < -0.39 is 22.5 Å². The molecule has 0 bridgehead atoms. The van der Waals surface area contributed by atoms with Gasteiger partial charge in [0, 0.05) is 4.47 Å². The largest absolute Gasteiger partial charge is 0.418 e. The molecule has 1 amide bonds. The van der Waals surface area contributed by atoms with E-state index in [0.717, 1.165) is 6.07 Å². The Balaban J connectivity index is 3.12. The first-order valence-electron chi connectivity index (χ1n) is 4.53. The second-order valence-electron chi connectivity index (χ2n) is 3.29. The highest BCUT2D eigenvalue weighted by Crippen LogP contribution is 2.36. The fraction of sp³-hybridized carbons (Fsp3) is 0.300. The molecule has 0 heterocycles. The van der Waals surface area contributed by atoms with Crippen molar-refractivity contribution in [2.24, 2.45) is 0 Å². The average Bonchev–Trinajstić information content (AvgIpc) is 2.18. The number of amides is 1. The van der Waals surface area contributed by atoms with E-state index in [-0.39, 0.29) is 5.69 Å². The summed E-state index contributed by atoms with van der Waals surface area (Å²) in [5.74, 6) is -0.530. The molecular formula is C10H8Br2F3NO. The quantitative estimate of drug-likeness (QED) is 0.772. The van der Waals surface area contributed by atoms with E-state index in [1.807, 2.05) is 0 Å². The van der Waals surface area contributed by atoms with Crippen molar-refractivity contribution in [2.45, 2.75) is 17.9 Å². The number of hydrogen-bond acceptors (Lipinski definition) is 1. The van der Waals surface area contributed by atoms with E-state index in [1.165, 1.54) is 19.1 Å². The van der Waals surface area contributed by atoms with Gasteiger partial charge >= 0.3 is 6.18 Å². The fourth-order valence-corrected chi connectivity index (χ4v) is 1.57. The Labute approximate surface area is 113 Å². The number of nitrogens with one attached hydrogen (secondary N) is 1. The van der Waals surface area contributed by atoms with Crippen LogP contribution in [0.25, 0.3) is 0 Å². The Morgan fingerprint density at radius 1 is 1.41 bits per heavy atom. The third-order valence-electron chi connectivity index (χ3n) is 1.91. The molecule has 0 aromatic heterocycles. The van der Waals surface area contributed by atoms with Gasteiger partial charge in [-0.15, -0.1) is 0 Å². The van der Waals surface area contributed by atoms with Crippen LogP contribution in [0.1, 0.15) is 12.5 Å². The van der Waals surface area contributed by atoms with Crippen LogP contribution in [0.2, 0.25) is 0 Å². The number of alkyl halides is 4. The van der Waals surface area contributed by atoms with Crippen LogP contribution in [0.4, 0.5) is 18.9 Å². The van der Waals surface area contributed by atoms with Gasteiger partial charge in [0.2, 0.25) is 5.91 Å². The topological polar surface area (TPSA) is 29.1 Å². The molecule has 2 nitrogen and oxygen atoms in total. The van der Waals surface area contributed by atoms with Crippen molar-refractivity contribution >= 4 is 43.5 Å². The highest BCUT2D eigenvalue weighted by molar-refractivity contribution is 9.10. The van der Waals surface area contributed by atoms with E-state index >= 15 is 0 Å². The van der Waals surface area contributed by atoms with Crippen LogP contribution in [0.15, 0.2) is 22.7 Å². The summed E-state index contributed by atoms with van der Waals surface area (Å²) in [5, 5.41) is 2.22. The molecule has 1 aromatic rings. The van der Waals surface area contributed by atoms with Crippen molar-refractivity contribution < 1.29 is 18.0 Å². The van der Waals surface area contributed by atoms with Crippen molar-refractivity contribution in [2.75, 3.05) is 5.32 Å². The second kappa shape index (κ2) is 5.39. The smallest absolute Gasteiger partial charge is 0.325 e. The van der Waals surface area contributed by atoms with Gasteiger partial charge in [0.05, 0.1) is 16.1 Å². The van der Waals surface area contributed by atoms with Gasteiger partial charge in [-0.1, -0.05) is 31.9 Å². The summed E-state index contributed by atoms with van der Waals surface area (Å²) >= 11 is 5.95. The second-order valence-corrected chi connectivity index (χ2v) is 5.58. The first kappa shape index (κ1) is 14.5. The van der Waals surface area contributed by atoms with Crippen LogP contribution in [-0.2, 0) is 11.0 Å². The van der Waals surface area contributed by atoms with Gasteiger partial charge < -0.3 is 5.32 Å². The van der Waals surface area contributed by atoms with Gasteiger partial charge in [0.15, 0.2) is 0 Å². The van der Waals surface area contributed by atoms with Gasteiger partial charge in [0.25, 0.3) is 0 Å². The standard InChI is InChI=1S/C10H8Br2F3NO/c1-5(11)9(17)16-8-3-2-6(12)4-7(8)10(13,14)15/h2-5H,1H3,(H,16,17). The zero-order chi connectivity index (χ0) is 13.2. The van der Waals surface area contributed by atoms with Crippen LogP contribution in [0, 0.1) is 0 Å². The van der Waals surface area contributed by atoms with E-state index in [0.29, 0.717) is 4.47 Å². The van der Waals surface area contributed by atoms with E-state index in [9.17, 15) is 18.0 Å².